The maximum Gasteiger partial charge on any atom is 0.269 e. The number of nitrogen functional groups attached to an aromatic ring is 1. The van der Waals surface area contributed by atoms with Gasteiger partial charge < -0.3 is 10.5 Å². The third-order valence-corrected chi connectivity index (χ3v) is 2.41. The first-order valence-electron chi connectivity index (χ1n) is 5.37. The second-order valence-electron chi connectivity index (χ2n) is 3.78. The summed E-state index contributed by atoms with van der Waals surface area (Å²) in [5, 5.41) is 10.6. The Morgan fingerprint density at radius 1 is 1.17 bits per heavy atom. The van der Waals surface area contributed by atoms with E-state index in [0.29, 0.717) is 11.4 Å². The summed E-state index contributed by atoms with van der Waals surface area (Å²) in [6.07, 6.45) is 0. The van der Waals surface area contributed by atoms with Crippen molar-refractivity contribution >= 4 is 11.4 Å². The van der Waals surface area contributed by atoms with Crippen LogP contribution in [0.3, 0.4) is 0 Å². The summed E-state index contributed by atoms with van der Waals surface area (Å²) in [5.74, 6) is 0.677. The molecule has 0 aliphatic heterocycles. The number of hydrogen-bond donors (Lipinski definition) is 1. The third-order valence-electron chi connectivity index (χ3n) is 2.41. The lowest BCUT2D eigenvalue weighted by Crippen LogP contribution is -1.97. The van der Waals surface area contributed by atoms with Gasteiger partial charge in [0.2, 0.25) is 0 Å². The molecule has 92 valence electrons. The number of non-ortho nitro benzene ring substituents is 1. The van der Waals surface area contributed by atoms with Crippen molar-refractivity contribution in [1.82, 2.24) is 0 Å². The average Bonchev–Trinajstić information content (AvgIpc) is 2.38. The second kappa shape index (κ2) is 5.18. The molecular formula is C13H12N2O3. The molecule has 0 spiro atoms. The Labute approximate surface area is 104 Å². The van der Waals surface area contributed by atoms with Gasteiger partial charge in [-0.15, -0.1) is 0 Å². The van der Waals surface area contributed by atoms with Gasteiger partial charge in [-0.25, -0.2) is 0 Å². The van der Waals surface area contributed by atoms with Gasteiger partial charge in [0.15, 0.2) is 0 Å². The molecule has 0 aliphatic carbocycles. The van der Waals surface area contributed by atoms with E-state index in [9.17, 15) is 10.1 Å². The fourth-order valence-electron chi connectivity index (χ4n) is 1.49. The molecule has 0 saturated heterocycles. The highest BCUT2D eigenvalue weighted by molar-refractivity contribution is 5.41. The Bertz CT molecular complexity index is 552. The topological polar surface area (TPSA) is 78.4 Å². The normalized spacial score (nSPS) is 10.0. The molecule has 2 aromatic rings. The number of benzene rings is 2. The predicted octanol–water partition coefficient (Wildman–Crippen LogP) is 2.76. The van der Waals surface area contributed by atoms with Gasteiger partial charge in [0.05, 0.1) is 4.92 Å². The Hall–Kier alpha value is -2.56. The molecule has 0 aliphatic rings. The van der Waals surface area contributed by atoms with E-state index in [-0.39, 0.29) is 12.3 Å². The molecule has 0 radical (unpaired) electrons. The van der Waals surface area contributed by atoms with E-state index in [1.165, 1.54) is 12.1 Å². The maximum atomic E-state index is 10.6. The highest BCUT2D eigenvalue weighted by Gasteiger charge is 2.05. The van der Waals surface area contributed by atoms with Crippen LogP contribution in [0.15, 0.2) is 48.5 Å². The van der Waals surface area contributed by atoms with Crippen LogP contribution in [0.25, 0.3) is 0 Å². The molecule has 0 aromatic heterocycles. The van der Waals surface area contributed by atoms with Gasteiger partial charge in [0.1, 0.15) is 12.4 Å². The third kappa shape index (κ3) is 2.98. The van der Waals surface area contributed by atoms with Crippen molar-refractivity contribution in [1.29, 1.82) is 0 Å². The van der Waals surface area contributed by atoms with E-state index in [4.69, 9.17) is 10.5 Å². The van der Waals surface area contributed by atoms with E-state index >= 15 is 0 Å². The van der Waals surface area contributed by atoms with E-state index in [0.717, 1.165) is 5.56 Å². The molecular weight excluding hydrogens is 232 g/mol. The number of ether oxygens (including phenoxy) is 1. The van der Waals surface area contributed by atoms with Gasteiger partial charge in [-0.2, -0.15) is 0 Å². The minimum atomic E-state index is -0.424. The molecule has 5 heteroatoms. The first-order chi connectivity index (χ1) is 8.65. The molecule has 0 bridgehead atoms. The predicted molar refractivity (Wildman–Crippen MR) is 68.3 cm³/mol. The monoisotopic (exact) mass is 244 g/mol. The van der Waals surface area contributed by atoms with Gasteiger partial charge in [-0.3, -0.25) is 10.1 Å². The number of nitro groups is 1. The van der Waals surface area contributed by atoms with Crippen LogP contribution in [-0.4, -0.2) is 4.92 Å². The molecule has 2 N–H and O–H groups in total. The van der Waals surface area contributed by atoms with Gasteiger partial charge in [-0.05, 0) is 29.8 Å². The average molecular weight is 244 g/mol. The minimum absolute atomic E-state index is 0.0633. The largest absolute Gasteiger partial charge is 0.489 e. The molecule has 18 heavy (non-hydrogen) atoms. The molecule has 2 rings (SSSR count). The molecule has 0 fully saturated rings. The quantitative estimate of drug-likeness (QED) is 0.509. The van der Waals surface area contributed by atoms with Crippen LogP contribution in [0, 0.1) is 10.1 Å². The Balaban J connectivity index is 2.04. The fraction of sp³-hybridized carbons (Fsp3) is 0.0769. The molecule has 0 amide bonds. The lowest BCUT2D eigenvalue weighted by atomic mass is 10.2. The van der Waals surface area contributed by atoms with Gasteiger partial charge in [-0.1, -0.05) is 12.1 Å². The molecule has 5 nitrogen and oxygen atoms in total. The smallest absolute Gasteiger partial charge is 0.269 e. The van der Waals surface area contributed by atoms with Gasteiger partial charge in [0, 0.05) is 17.8 Å². The van der Waals surface area contributed by atoms with Crippen molar-refractivity contribution in [3.63, 3.8) is 0 Å². The molecule has 0 saturated carbocycles. The van der Waals surface area contributed by atoms with E-state index < -0.39 is 4.92 Å². The lowest BCUT2D eigenvalue weighted by molar-refractivity contribution is -0.384. The Kier molecular flexibility index (Phi) is 3.43. The van der Waals surface area contributed by atoms with Crippen LogP contribution in [0.5, 0.6) is 5.75 Å². The summed E-state index contributed by atoms with van der Waals surface area (Å²) in [7, 11) is 0. The SMILES string of the molecule is Nc1ccc(OCc2cccc([N+](=O)[O-])c2)cc1. The van der Waals surface area contributed by atoms with Crippen LogP contribution in [0.2, 0.25) is 0 Å². The zero-order chi connectivity index (χ0) is 13.0. The molecule has 0 heterocycles. The van der Waals surface area contributed by atoms with Gasteiger partial charge >= 0.3 is 0 Å². The zero-order valence-corrected chi connectivity index (χ0v) is 9.58. The summed E-state index contributed by atoms with van der Waals surface area (Å²) >= 11 is 0. The van der Waals surface area contributed by atoms with Crippen molar-refractivity contribution < 1.29 is 9.66 Å². The molecule has 0 unspecified atom stereocenters. The van der Waals surface area contributed by atoms with Crippen molar-refractivity contribution in [2.24, 2.45) is 0 Å². The summed E-state index contributed by atoms with van der Waals surface area (Å²) in [4.78, 5) is 10.2. The van der Waals surface area contributed by atoms with Crippen LogP contribution < -0.4 is 10.5 Å². The number of nitrogens with zero attached hydrogens (tertiary/aromatic N) is 1. The number of anilines is 1. The minimum Gasteiger partial charge on any atom is -0.489 e. The van der Waals surface area contributed by atoms with Crippen LogP contribution in [0.1, 0.15) is 5.56 Å². The zero-order valence-electron chi connectivity index (χ0n) is 9.58. The van der Waals surface area contributed by atoms with E-state index in [1.54, 1.807) is 36.4 Å². The lowest BCUT2D eigenvalue weighted by Gasteiger charge is -2.06. The first kappa shape index (κ1) is 11.9. The first-order valence-corrected chi connectivity index (χ1v) is 5.37. The van der Waals surface area contributed by atoms with Crippen molar-refractivity contribution in [2.45, 2.75) is 6.61 Å². The number of nitrogens with two attached hydrogens (primary N) is 1. The number of hydrogen-bond acceptors (Lipinski definition) is 4. The van der Waals surface area contributed by atoms with Crippen LogP contribution in [0.4, 0.5) is 11.4 Å². The summed E-state index contributed by atoms with van der Waals surface area (Å²) in [5.41, 5.74) is 7.04. The van der Waals surface area contributed by atoms with E-state index in [1.807, 2.05) is 0 Å². The Morgan fingerprint density at radius 3 is 2.56 bits per heavy atom. The highest BCUT2D eigenvalue weighted by atomic mass is 16.6. The van der Waals surface area contributed by atoms with Crippen molar-refractivity contribution in [3.05, 3.63) is 64.2 Å². The fourth-order valence-corrected chi connectivity index (χ4v) is 1.49. The van der Waals surface area contributed by atoms with Crippen LogP contribution in [-0.2, 0) is 6.61 Å². The van der Waals surface area contributed by atoms with Crippen molar-refractivity contribution in [3.8, 4) is 5.75 Å². The summed E-state index contributed by atoms with van der Waals surface area (Å²) < 4.78 is 5.50. The standard InChI is InChI=1S/C13H12N2O3/c14-11-4-6-13(7-5-11)18-9-10-2-1-3-12(8-10)15(16)17/h1-8H,9,14H2. The molecule has 0 atom stereocenters. The van der Waals surface area contributed by atoms with E-state index in [2.05, 4.69) is 0 Å². The Morgan fingerprint density at radius 2 is 1.89 bits per heavy atom. The van der Waals surface area contributed by atoms with Gasteiger partial charge in [0.25, 0.3) is 5.69 Å². The summed E-state index contributed by atoms with van der Waals surface area (Å²) in [6.45, 7) is 0.283. The number of nitro benzene ring substituents is 1. The second-order valence-corrected chi connectivity index (χ2v) is 3.78. The van der Waals surface area contributed by atoms with Crippen molar-refractivity contribution in [2.75, 3.05) is 5.73 Å². The summed E-state index contributed by atoms with van der Waals surface area (Å²) in [6, 6.07) is 13.4. The molecule has 2 aromatic carbocycles. The maximum absolute atomic E-state index is 10.6. The number of rotatable bonds is 4. The van der Waals surface area contributed by atoms with Crippen LogP contribution >= 0.6 is 0 Å². The highest BCUT2D eigenvalue weighted by Crippen LogP contribution is 2.17.